The van der Waals surface area contributed by atoms with Crippen molar-refractivity contribution >= 4 is 5.52 Å². The number of H-pyrrole nitrogens is 1. The molecule has 0 radical (unpaired) electrons. The van der Waals surface area contributed by atoms with Crippen LogP contribution in [0.25, 0.3) is 17.2 Å². The quantitative estimate of drug-likeness (QED) is 0.436. The second kappa shape index (κ2) is 6.07. The fourth-order valence-electron chi connectivity index (χ4n) is 2.57. The third kappa shape index (κ3) is 3.09. The SMILES string of the molecule is Fc1ncc(Cc2nc(-c3nc(C(F)(F)F)n[nH]3)n3cccc(F)c23)cn1. The van der Waals surface area contributed by atoms with Gasteiger partial charge in [0.2, 0.25) is 0 Å². The van der Waals surface area contributed by atoms with Gasteiger partial charge in [-0.25, -0.2) is 24.3 Å². The number of pyridine rings is 1. The Labute approximate surface area is 146 Å². The molecule has 0 amide bonds. The summed E-state index contributed by atoms with van der Waals surface area (Å²) in [5, 5.41) is 5.29. The molecule has 4 rings (SSSR count). The predicted octanol–water partition coefficient (Wildman–Crippen LogP) is 2.80. The summed E-state index contributed by atoms with van der Waals surface area (Å²) in [5.74, 6) is -2.32. The number of alkyl halides is 3. The van der Waals surface area contributed by atoms with E-state index < -0.39 is 23.9 Å². The van der Waals surface area contributed by atoms with Gasteiger partial charge in [-0.1, -0.05) is 0 Å². The molecule has 0 aliphatic heterocycles. The third-order valence-corrected chi connectivity index (χ3v) is 3.68. The Hall–Kier alpha value is -3.44. The van der Waals surface area contributed by atoms with Crippen molar-refractivity contribution in [2.75, 3.05) is 0 Å². The van der Waals surface area contributed by atoms with Crippen LogP contribution in [0.3, 0.4) is 0 Å². The van der Waals surface area contributed by atoms with Gasteiger partial charge in [0.1, 0.15) is 11.3 Å². The van der Waals surface area contributed by atoms with Gasteiger partial charge in [0.25, 0.3) is 5.82 Å². The zero-order valence-electron chi connectivity index (χ0n) is 13.2. The summed E-state index contributed by atoms with van der Waals surface area (Å²) < 4.78 is 66.7. The van der Waals surface area contributed by atoms with E-state index in [-0.39, 0.29) is 29.3 Å². The summed E-state index contributed by atoms with van der Waals surface area (Å²) in [6.45, 7) is 0. The van der Waals surface area contributed by atoms with Gasteiger partial charge in [-0.2, -0.15) is 17.6 Å². The lowest BCUT2D eigenvalue weighted by molar-refractivity contribution is -0.144. The van der Waals surface area contributed by atoms with Crippen LogP contribution in [-0.4, -0.2) is 34.5 Å². The van der Waals surface area contributed by atoms with Crippen LogP contribution >= 0.6 is 0 Å². The van der Waals surface area contributed by atoms with Crippen molar-refractivity contribution < 1.29 is 22.0 Å². The molecule has 138 valence electrons. The van der Waals surface area contributed by atoms with E-state index in [2.05, 4.69) is 30.1 Å². The van der Waals surface area contributed by atoms with Crippen LogP contribution in [-0.2, 0) is 12.6 Å². The van der Waals surface area contributed by atoms with Crippen LogP contribution in [0.2, 0.25) is 0 Å². The maximum Gasteiger partial charge on any atom is 0.453 e. The maximum atomic E-state index is 14.4. The Morgan fingerprint density at radius 3 is 2.48 bits per heavy atom. The Kier molecular flexibility index (Phi) is 3.82. The summed E-state index contributed by atoms with van der Waals surface area (Å²) in [7, 11) is 0. The molecule has 4 aromatic rings. The van der Waals surface area contributed by atoms with Crippen LogP contribution in [0.5, 0.6) is 0 Å². The van der Waals surface area contributed by atoms with Crippen LogP contribution in [0.15, 0.2) is 30.7 Å². The number of imidazole rings is 1. The molecule has 0 bridgehead atoms. The van der Waals surface area contributed by atoms with Crippen molar-refractivity contribution in [2.24, 2.45) is 0 Å². The number of aromatic nitrogens is 7. The van der Waals surface area contributed by atoms with Crippen LogP contribution in [0, 0.1) is 11.9 Å². The topological polar surface area (TPSA) is 84.6 Å². The van der Waals surface area contributed by atoms with Crippen LogP contribution < -0.4 is 0 Å². The molecular weight excluding hydrogens is 373 g/mol. The smallest absolute Gasteiger partial charge is 0.294 e. The van der Waals surface area contributed by atoms with Gasteiger partial charge in [-0.05, 0) is 17.7 Å². The molecule has 0 spiro atoms. The van der Waals surface area contributed by atoms with Gasteiger partial charge < -0.3 is 0 Å². The Morgan fingerprint density at radius 2 is 1.81 bits per heavy atom. The molecule has 0 fully saturated rings. The minimum Gasteiger partial charge on any atom is -0.294 e. The van der Waals surface area contributed by atoms with E-state index in [9.17, 15) is 22.0 Å². The lowest BCUT2D eigenvalue weighted by Crippen LogP contribution is -2.07. The number of nitrogens with one attached hydrogen (secondary N) is 1. The molecule has 0 aliphatic carbocycles. The first-order valence-corrected chi connectivity index (χ1v) is 7.45. The van der Waals surface area contributed by atoms with Crippen molar-refractivity contribution in [3.8, 4) is 11.6 Å². The van der Waals surface area contributed by atoms with Crippen molar-refractivity contribution in [1.29, 1.82) is 0 Å². The number of hydrogen-bond donors (Lipinski definition) is 1. The van der Waals surface area contributed by atoms with E-state index in [1.165, 1.54) is 35.1 Å². The molecule has 27 heavy (non-hydrogen) atoms. The molecule has 7 nitrogen and oxygen atoms in total. The highest BCUT2D eigenvalue weighted by Crippen LogP contribution is 2.29. The van der Waals surface area contributed by atoms with Crippen LogP contribution in [0.4, 0.5) is 22.0 Å². The molecule has 4 aromatic heterocycles. The lowest BCUT2D eigenvalue weighted by atomic mass is 10.1. The largest absolute Gasteiger partial charge is 0.453 e. The zero-order valence-corrected chi connectivity index (χ0v) is 13.2. The van der Waals surface area contributed by atoms with Gasteiger partial charge in [0.15, 0.2) is 11.6 Å². The fourth-order valence-corrected chi connectivity index (χ4v) is 2.57. The predicted molar refractivity (Wildman–Crippen MR) is 80.3 cm³/mol. The number of aromatic amines is 1. The average molecular weight is 381 g/mol. The highest BCUT2D eigenvalue weighted by Gasteiger charge is 2.36. The molecule has 0 unspecified atom stereocenters. The first-order chi connectivity index (χ1) is 12.8. The number of nitrogens with zero attached hydrogens (tertiary/aromatic N) is 6. The van der Waals surface area contributed by atoms with Crippen LogP contribution in [0.1, 0.15) is 17.1 Å². The molecule has 0 aliphatic rings. The van der Waals surface area contributed by atoms with Crippen molar-refractivity contribution in [2.45, 2.75) is 12.6 Å². The van der Waals surface area contributed by atoms with Gasteiger partial charge >= 0.3 is 12.3 Å². The van der Waals surface area contributed by atoms with Crippen molar-refractivity contribution in [1.82, 2.24) is 34.5 Å². The summed E-state index contributed by atoms with van der Waals surface area (Å²) in [5.41, 5.74) is 0.685. The molecule has 0 aromatic carbocycles. The monoisotopic (exact) mass is 381 g/mol. The van der Waals surface area contributed by atoms with Gasteiger partial charge in [-0.15, -0.1) is 5.10 Å². The van der Waals surface area contributed by atoms with Crippen molar-refractivity contribution in [3.05, 3.63) is 59.7 Å². The molecular formula is C15H8F5N7. The van der Waals surface area contributed by atoms with E-state index in [0.29, 0.717) is 5.56 Å². The standard InChI is InChI=1S/C15H8F5N7/c16-8-2-1-3-27-10(8)9(4-7-5-21-14(17)22-6-7)23-12(27)11-24-13(26-25-11)15(18,19)20/h1-3,5-6H,4H2,(H,24,25,26). The van der Waals surface area contributed by atoms with E-state index in [4.69, 9.17) is 0 Å². The highest BCUT2D eigenvalue weighted by molar-refractivity contribution is 5.63. The minimum atomic E-state index is -4.73. The molecule has 1 N–H and O–H groups in total. The summed E-state index contributed by atoms with van der Waals surface area (Å²) >= 11 is 0. The number of fused-ring (bicyclic) bond motifs is 1. The van der Waals surface area contributed by atoms with E-state index in [0.717, 1.165) is 0 Å². The van der Waals surface area contributed by atoms with Gasteiger partial charge in [-0.3, -0.25) is 9.50 Å². The second-order valence-electron chi connectivity index (χ2n) is 5.50. The van der Waals surface area contributed by atoms with Crippen molar-refractivity contribution in [3.63, 3.8) is 0 Å². The molecule has 12 heteroatoms. The van der Waals surface area contributed by atoms with Gasteiger partial charge in [0, 0.05) is 25.0 Å². The fraction of sp³-hybridized carbons (Fsp3) is 0.133. The van der Waals surface area contributed by atoms with E-state index >= 15 is 0 Å². The number of hydrogen-bond acceptors (Lipinski definition) is 5. The maximum absolute atomic E-state index is 14.4. The van der Waals surface area contributed by atoms with E-state index in [1.807, 2.05) is 0 Å². The Balaban J connectivity index is 1.84. The zero-order chi connectivity index (χ0) is 19.2. The Morgan fingerprint density at radius 1 is 1.07 bits per heavy atom. The second-order valence-corrected chi connectivity index (χ2v) is 5.50. The van der Waals surface area contributed by atoms with Gasteiger partial charge in [0.05, 0.1) is 5.69 Å². The summed E-state index contributed by atoms with van der Waals surface area (Å²) in [6, 6.07) is 2.56. The molecule has 0 atom stereocenters. The first-order valence-electron chi connectivity index (χ1n) is 7.45. The molecule has 0 saturated carbocycles. The van der Waals surface area contributed by atoms with E-state index in [1.54, 1.807) is 0 Å². The minimum absolute atomic E-state index is 0.0327. The third-order valence-electron chi connectivity index (χ3n) is 3.68. The summed E-state index contributed by atoms with van der Waals surface area (Å²) in [4.78, 5) is 14.4. The molecule has 4 heterocycles. The number of halogens is 5. The Bertz CT molecular complexity index is 1110. The first kappa shape index (κ1) is 17.0. The number of rotatable bonds is 3. The summed E-state index contributed by atoms with van der Waals surface area (Å²) in [6.07, 6.45) is -1.76. The normalized spacial score (nSPS) is 12.0. The highest BCUT2D eigenvalue weighted by atomic mass is 19.4. The average Bonchev–Trinajstić information content (AvgIpc) is 3.22. The lowest BCUT2D eigenvalue weighted by Gasteiger charge is -2.00. The molecule has 0 saturated heterocycles.